The lowest BCUT2D eigenvalue weighted by atomic mass is 10.0. The van der Waals surface area contributed by atoms with Gasteiger partial charge in [0, 0.05) is 26.4 Å². The first kappa shape index (κ1) is 18.3. The topological polar surface area (TPSA) is 58.6 Å². The summed E-state index contributed by atoms with van der Waals surface area (Å²) in [7, 11) is 1.66. The Morgan fingerprint density at radius 1 is 1.29 bits per heavy atom. The Morgan fingerprint density at radius 2 is 2.12 bits per heavy atom. The monoisotopic (exact) mass is 332 g/mol. The van der Waals surface area contributed by atoms with Crippen LogP contribution in [0.5, 0.6) is 5.75 Å². The number of nitrogens with one attached hydrogen (secondary N) is 1. The molecule has 5 heteroatoms. The van der Waals surface area contributed by atoms with Crippen LogP contribution < -0.4 is 10.1 Å². The van der Waals surface area contributed by atoms with Crippen molar-refractivity contribution >= 4 is 11.8 Å². The average molecular weight is 332 g/mol. The summed E-state index contributed by atoms with van der Waals surface area (Å²) in [5.74, 6) is 1.08. The summed E-state index contributed by atoms with van der Waals surface area (Å²) in [5, 5.41) is 2.78. The molecular weight excluding hydrogens is 304 g/mol. The summed E-state index contributed by atoms with van der Waals surface area (Å²) in [4.78, 5) is 25.4. The maximum Gasteiger partial charge on any atom is 0.223 e. The molecule has 0 radical (unpaired) electrons. The number of carbonyl (C=O) groups is 2. The highest BCUT2D eigenvalue weighted by Crippen LogP contribution is 2.34. The summed E-state index contributed by atoms with van der Waals surface area (Å²) < 4.78 is 5.30. The third kappa shape index (κ3) is 5.25. The van der Waals surface area contributed by atoms with E-state index in [1.807, 2.05) is 23.1 Å². The molecule has 1 aromatic rings. The summed E-state index contributed by atoms with van der Waals surface area (Å²) in [6.45, 7) is 3.06. The Morgan fingerprint density at radius 3 is 2.88 bits per heavy atom. The van der Waals surface area contributed by atoms with E-state index in [0.717, 1.165) is 50.0 Å². The molecule has 1 aliphatic heterocycles. The summed E-state index contributed by atoms with van der Waals surface area (Å²) in [6.07, 6.45) is 5.41. The summed E-state index contributed by atoms with van der Waals surface area (Å²) in [6, 6.07) is 8.19. The van der Waals surface area contributed by atoms with Crippen LogP contribution in [-0.4, -0.2) is 36.9 Å². The van der Waals surface area contributed by atoms with Gasteiger partial charge >= 0.3 is 0 Å². The molecule has 1 unspecified atom stereocenters. The molecule has 1 aromatic carbocycles. The number of hydrogen-bond donors (Lipinski definition) is 1. The lowest BCUT2D eigenvalue weighted by Crippen LogP contribution is -2.30. The highest BCUT2D eigenvalue weighted by atomic mass is 16.5. The second-order valence-electron chi connectivity index (χ2n) is 6.32. The van der Waals surface area contributed by atoms with Crippen molar-refractivity contribution in [1.29, 1.82) is 0 Å². The van der Waals surface area contributed by atoms with Crippen LogP contribution >= 0.6 is 0 Å². The van der Waals surface area contributed by atoms with Crippen LogP contribution in [0.2, 0.25) is 0 Å². The van der Waals surface area contributed by atoms with Crippen molar-refractivity contribution in [3.05, 3.63) is 29.8 Å². The van der Waals surface area contributed by atoms with Crippen molar-refractivity contribution in [3.63, 3.8) is 0 Å². The van der Waals surface area contributed by atoms with Crippen molar-refractivity contribution < 1.29 is 14.3 Å². The van der Waals surface area contributed by atoms with Crippen molar-refractivity contribution in [2.45, 2.75) is 51.5 Å². The number of amides is 2. The van der Waals surface area contributed by atoms with Gasteiger partial charge in [-0.3, -0.25) is 9.59 Å². The fourth-order valence-corrected chi connectivity index (χ4v) is 3.25. The number of benzene rings is 1. The van der Waals surface area contributed by atoms with Crippen molar-refractivity contribution in [2.24, 2.45) is 0 Å². The Labute approximate surface area is 144 Å². The molecule has 2 rings (SSSR count). The van der Waals surface area contributed by atoms with Crippen LogP contribution in [0.3, 0.4) is 0 Å². The highest BCUT2D eigenvalue weighted by molar-refractivity contribution is 5.77. The number of carbonyl (C=O) groups excluding carboxylic acids is 2. The molecule has 0 saturated carbocycles. The van der Waals surface area contributed by atoms with Gasteiger partial charge in [-0.05, 0) is 43.4 Å². The normalized spacial score (nSPS) is 16.9. The zero-order chi connectivity index (χ0) is 17.4. The fraction of sp³-hybridized carbons (Fsp3) is 0.579. The third-order valence-electron chi connectivity index (χ3n) is 4.49. The molecule has 0 aliphatic carbocycles. The van der Waals surface area contributed by atoms with Crippen LogP contribution in [0.1, 0.15) is 57.1 Å². The van der Waals surface area contributed by atoms with Crippen molar-refractivity contribution in [3.8, 4) is 5.75 Å². The van der Waals surface area contributed by atoms with E-state index in [4.69, 9.17) is 4.74 Å². The molecule has 0 aromatic heterocycles. The minimum absolute atomic E-state index is 0.00396. The average Bonchev–Trinajstić information content (AvgIpc) is 3.07. The Bertz CT molecular complexity index is 559. The van der Waals surface area contributed by atoms with Gasteiger partial charge < -0.3 is 15.0 Å². The molecule has 0 bridgehead atoms. The van der Waals surface area contributed by atoms with E-state index in [-0.39, 0.29) is 17.9 Å². The quantitative estimate of drug-likeness (QED) is 0.744. The molecule has 2 amide bonds. The minimum atomic E-state index is 0.00396. The van der Waals surface area contributed by atoms with E-state index in [9.17, 15) is 9.59 Å². The van der Waals surface area contributed by atoms with Gasteiger partial charge in [0.25, 0.3) is 0 Å². The molecule has 1 atom stereocenters. The van der Waals surface area contributed by atoms with Gasteiger partial charge in [-0.15, -0.1) is 0 Å². The molecular formula is C19H28N2O3. The van der Waals surface area contributed by atoms with Gasteiger partial charge in [0.15, 0.2) is 0 Å². The largest absolute Gasteiger partial charge is 0.497 e. The van der Waals surface area contributed by atoms with Crippen molar-refractivity contribution in [1.82, 2.24) is 10.2 Å². The lowest BCUT2D eigenvalue weighted by Gasteiger charge is -2.25. The molecule has 1 N–H and O–H groups in total. The molecule has 5 nitrogen and oxygen atoms in total. The van der Waals surface area contributed by atoms with E-state index >= 15 is 0 Å². The van der Waals surface area contributed by atoms with Gasteiger partial charge in [-0.1, -0.05) is 18.6 Å². The molecule has 0 spiro atoms. The predicted molar refractivity (Wildman–Crippen MR) is 93.8 cm³/mol. The molecule has 24 heavy (non-hydrogen) atoms. The SMILES string of the molecule is COc1cccc(C2CCCN2C(=O)CCCCCNC(C)=O)c1. The smallest absolute Gasteiger partial charge is 0.223 e. The Kier molecular flexibility index (Phi) is 7.09. The number of methoxy groups -OCH3 is 1. The fourth-order valence-electron chi connectivity index (χ4n) is 3.25. The molecule has 1 heterocycles. The highest BCUT2D eigenvalue weighted by Gasteiger charge is 2.29. The first-order valence-electron chi connectivity index (χ1n) is 8.79. The Balaban J connectivity index is 1.81. The summed E-state index contributed by atoms with van der Waals surface area (Å²) in [5.41, 5.74) is 1.16. The van der Waals surface area contributed by atoms with Gasteiger partial charge in [0.2, 0.25) is 11.8 Å². The second-order valence-corrected chi connectivity index (χ2v) is 6.32. The zero-order valence-electron chi connectivity index (χ0n) is 14.7. The van der Waals surface area contributed by atoms with Gasteiger partial charge in [0.05, 0.1) is 13.2 Å². The number of rotatable bonds is 8. The zero-order valence-corrected chi connectivity index (χ0v) is 14.7. The summed E-state index contributed by atoms with van der Waals surface area (Å²) >= 11 is 0. The maximum atomic E-state index is 12.5. The van der Waals surface area contributed by atoms with Crippen LogP contribution in [0.25, 0.3) is 0 Å². The number of unbranched alkanes of at least 4 members (excludes halogenated alkanes) is 2. The molecule has 132 valence electrons. The molecule has 1 fully saturated rings. The van der Waals surface area contributed by atoms with E-state index in [1.165, 1.54) is 6.92 Å². The number of hydrogen-bond acceptors (Lipinski definition) is 3. The first-order valence-corrected chi connectivity index (χ1v) is 8.79. The standard InChI is InChI=1S/C19H28N2O3/c1-15(22)20-12-5-3-4-11-19(23)21-13-7-10-18(21)16-8-6-9-17(14-16)24-2/h6,8-9,14,18H,3-5,7,10-13H2,1-2H3,(H,20,22). The lowest BCUT2D eigenvalue weighted by molar-refractivity contribution is -0.132. The Hall–Kier alpha value is -2.04. The number of nitrogens with zero attached hydrogens (tertiary/aromatic N) is 1. The molecule has 1 aliphatic rings. The first-order chi connectivity index (χ1) is 11.6. The number of ether oxygens (including phenoxy) is 1. The van der Waals surface area contributed by atoms with E-state index in [2.05, 4.69) is 11.4 Å². The second kappa shape index (κ2) is 9.30. The molecule has 1 saturated heterocycles. The predicted octanol–water partition coefficient (Wildman–Crippen LogP) is 3.06. The van der Waals surface area contributed by atoms with Crippen LogP contribution in [-0.2, 0) is 9.59 Å². The minimum Gasteiger partial charge on any atom is -0.497 e. The van der Waals surface area contributed by atoms with Gasteiger partial charge in [-0.25, -0.2) is 0 Å². The number of likely N-dealkylation sites (tertiary alicyclic amines) is 1. The van der Waals surface area contributed by atoms with Crippen molar-refractivity contribution in [2.75, 3.05) is 20.2 Å². The van der Waals surface area contributed by atoms with Crippen LogP contribution in [0, 0.1) is 0 Å². The van der Waals surface area contributed by atoms with Gasteiger partial charge in [-0.2, -0.15) is 0 Å². The van der Waals surface area contributed by atoms with Crippen LogP contribution in [0.4, 0.5) is 0 Å². The van der Waals surface area contributed by atoms with E-state index < -0.39 is 0 Å². The third-order valence-corrected chi connectivity index (χ3v) is 4.49. The van der Waals surface area contributed by atoms with Crippen LogP contribution in [0.15, 0.2) is 24.3 Å². The van der Waals surface area contributed by atoms with Gasteiger partial charge in [0.1, 0.15) is 5.75 Å². The van der Waals surface area contributed by atoms with E-state index in [1.54, 1.807) is 7.11 Å². The van der Waals surface area contributed by atoms with E-state index in [0.29, 0.717) is 13.0 Å². The maximum absolute atomic E-state index is 12.5.